The number of rotatable bonds is 10. The van der Waals surface area contributed by atoms with Crippen LogP contribution in [0, 0.1) is 0 Å². The quantitative estimate of drug-likeness (QED) is 0.210. The number of carbonyl (C=O) groups is 1. The Labute approximate surface area is 199 Å². The summed E-state index contributed by atoms with van der Waals surface area (Å²) < 4.78 is 0. The van der Waals surface area contributed by atoms with E-state index in [1.165, 1.54) is 58.2 Å². The van der Waals surface area contributed by atoms with E-state index in [2.05, 4.69) is 27.4 Å². The van der Waals surface area contributed by atoms with Crippen LogP contribution in [0.25, 0.3) is 0 Å². The second kappa shape index (κ2) is 15.5. The highest BCUT2D eigenvalue weighted by Crippen LogP contribution is 2.10. The van der Waals surface area contributed by atoms with Crippen LogP contribution in [-0.2, 0) is 6.54 Å². The fourth-order valence-corrected chi connectivity index (χ4v) is 3.55. The summed E-state index contributed by atoms with van der Waals surface area (Å²) in [5.41, 5.74) is 1.80. The number of carbonyl (C=O) groups excluding carboxylic acids is 1. The minimum absolute atomic E-state index is 0. The van der Waals surface area contributed by atoms with Crippen LogP contribution in [0.1, 0.15) is 61.4 Å². The third kappa shape index (κ3) is 10.1. The largest absolute Gasteiger partial charge is 0.357 e. The van der Waals surface area contributed by atoms with E-state index in [4.69, 9.17) is 0 Å². The van der Waals surface area contributed by atoms with E-state index in [9.17, 15) is 4.79 Å². The number of piperidine rings is 1. The maximum Gasteiger partial charge on any atom is 0.253 e. The molecule has 0 aliphatic carbocycles. The van der Waals surface area contributed by atoms with E-state index >= 15 is 0 Å². The van der Waals surface area contributed by atoms with Crippen molar-refractivity contribution in [2.24, 2.45) is 4.99 Å². The number of likely N-dealkylation sites (tertiary alicyclic amines) is 1. The number of guanidine groups is 1. The number of nitrogens with one attached hydrogen (secondary N) is 2. The van der Waals surface area contributed by atoms with Gasteiger partial charge in [-0.2, -0.15) is 0 Å². The molecule has 1 aromatic carbocycles. The van der Waals surface area contributed by atoms with Gasteiger partial charge < -0.3 is 20.4 Å². The summed E-state index contributed by atoms with van der Waals surface area (Å²) in [6, 6.07) is 7.69. The summed E-state index contributed by atoms with van der Waals surface area (Å²) in [7, 11) is 3.53. The predicted molar refractivity (Wildman–Crippen MR) is 137 cm³/mol. The highest BCUT2D eigenvalue weighted by atomic mass is 127. The number of amides is 1. The maximum absolute atomic E-state index is 12.0. The van der Waals surface area contributed by atoms with E-state index in [1.807, 2.05) is 24.3 Å². The highest BCUT2D eigenvalue weighted by Gasteiger charge is 2.09. The molecule has 0 bridgehead atoms. The molecule has 1 fully saturated rings. The molecule has 2 rings (SSSR count). The minimum atomic E-state index is 0. The van der Waals surface area contributed by atoms with Gasteiger partial charge in [-0.3, -0.25) is 4.79 Å². The lowest BCUT2D eigenvalue weighted by molar-refractivity contribution is 0.0827. The molecule has 0 aromatic heterocycles. The van der Waals surface area contributed by atoms with Crippen molar-refractivity contribution >= 4 is 35.8 Å². The van der Waals surface area contributed by atoms with E-state index in [1.54, 1.807) is 19.0 Å². The van der Waals surface area contributed by atoms with Gasteiger partial charge in [-0.25, -0.2) is 4.99 Å². The first-order valence-corrected chi connectivity index (χ1v) is 11.1. The predicted octanol–water partition coefficient (Wildman–Crippen LogP) is 3.72. The van der Waals surface area contributed by atoms with Gasteiger partial charge in [-0.1, -0.05) is 25.0 Å². The monoisotopic (exact) mass is 529 g/mol. The van der Waals surface area contributed by atoms with Crippen LogP contribution in [0.15, 0.2) is 29.3 Å². The molecule has 2 N–H and O–H groups in total. The van der Waals surface area contributed by atoms with Crippen molar-refractivity contribution in [3.05, 3.63) is 35.4 Å². The summed E-state index contributed by atoms with van der Waals surface area (Å²) in [5, 5.41) is 6.75. The van der Waals surface area contributed by atoms with Gasteiger partial charge in [0.05, 0.1) is 6.54 Å². The molecular weight excluding hydrogens is 489 g/mol. The van der Waals surface area contributed by atoms with Crippen LogP contribution < -0.4 is 10.6 Å². The molecule has 0 spiro atoms. The molecule has 7 heteroatoms. The summed E-state index contributed by atoms with van der Waals surface area (Å²) in [5.74, 6) is 0.882. The van der Waals surface area contributed by atoms with Gasteiger partial charge in [-0.05, 0) is 69.9 Å². The third-order valence-corrected chi connectivity index (χ3v) is 5.26. The van der Waals surface area contributed by atoms with Gasteiger partial charge in [-0.15, -0.1) is 24.0 Å². The molecule has 0 saturated carbocycles. The molecule has 1 aromatic rings. The van der Waals surface area contributed by atoms with E-state index in [0.717, 1.165) is 24.6 Å². The van der Waals surface area contributed by atoms with Crippen LogP contribution in [0.2, 0.25) is 0 Å². The topological polar surface area (TPSA) is 60.0 Å². The van der Waals surface area contributed by atoms with Crippen LogP contribution >= 0.6 is 24.0 Å². The molecule has 30 heavy (non-hydrogen) atoms. The smallest absolute Gasteiger partial charge is 0.253 e. The lowest BCUT2D eigenvalue weighted by Gasteiger charge is -2.26. The number of aliphatic imine (C=N–C) groups is 1. The van der Waals surface area contributed by atoms with Crippen LogP contribution in [0.3, 0.4) is 0 Å². The molecule has 0 unspecified atom stereocenters. The zero-order valence-corrected chi connectivity index (χ0v) is 21.3. The summed E-state index contributed by atoms with van der Waals surface area (Å²) >= 11 is 0. The lowest BCUT2D eigenvalue weighted by atomic mass is 10.1. The average molecular weight is 530 g/mol. The number of unbranched alkanes of at least 4 members (excludes halogenated alkanes) is 2. The Morgan fingerprint density at radius 1 is 1.03 bits per heavy atom. The third-order valence-electron chi connectivity index (χ3n) is 5.26. The second-order valence-corrected chi connectivity index (χ2v) is 7.98. The molecule has 1 aliphatic rings. The Kier molecular flexibility index (Phi) is 13.7. The number of hydrogen-bond donors (Lipinski definition) is 2. The van der Waals surface area contributed by atoms with Gasteiger partial charge in [0.25, 0.3) is 5.91 Å². The van der Waals surface area contributed by atoms with Crippen molar-refractivity contribution in [2.75, 3.05) is 46.8 Å². The average Bonchev–Trinajstić information content (AvgIpc) is 2.74. The molecule has 1 aliphatic heterocycles. The van der Waals surface area contributed by atoms with E-state index < -0.39 is 0 Å². The Morgan fingerprint density at radius 3 is 2.37 bits per heavy atom. The summed E-state index contributed by atoms with van der Waals surface area (Å²) in [6.07, 6.45) is 7.86. The molecule has 1 amide bonds. The fraction of sp³-hybridized carbons (Fsp3) is 0.652. The summed E-state index contributed by atoms with van der Waals surface area (Å²) in [6.45, 7) is 8.30. The second-order valence-electron chi connectivity index (χ2n) is 7.98. The highest BCUT2D eigenvalue weighted by molar-refractivity contribution is 14.0. The minimum Gasteiger partial charge on any atom is -0.357 e. The van der Waals surface area contributed by atoms with Gasteiger partial charge >= 0.3 is 0 Å². The van der Waals surface area contributed by atoms with Crippen LogP contribution in [0.4, 0.5) is 0 Å². The molecular formula is C23H40IN5O. The Balaban J connectivity index is 0.00000450. The van der Waals surface area contributed by atoms with Crippen molar-refractivity contribution < 1.29 is 4.79 Å². The maximum atomic E-state index is 12.0. The SMILES string of the molecule is CCNC(=NCc1ccc(C(=O)N(C)C)cc1)NCCCCCN1CCCCC1.I. The number of benzene rings is 1. The molecule has 1 heterocycles. The molecule has 6 nitrogen and oxygen atoms in total. The molecule has 0 radical (unpaired) electrons. The first-order chi connectivity index (χ1) is 14.1. The van der Waals surface area contributed by atoms with Gasteiger partial charge in [0.15, 0.2) is 5.96 Å². The van der Waals surface area contributed by atoms with E-state index in [0.29, 0.717) is 12.1 Å². The van der Waals surface area contributed by atoms with E-state index in [-0.39, 0.29) is 29.9 Å². The van der Waals surface area contributed by atoms with Crippen molar-refractivity contribution in [3.8, 4) is 0 Å². The Hall–Kier alpha value is -1.35. The van der Waals surface area contributed by atoms with Crippen molar-refractivity contribution in [1.29, 1.82) is 0 Å². The zero-order valence-electron chi connectivity index (χ0n) is 19.0. The standard InChI is InChI=1S/C23H39N5O.HI/c1-4-24-23(25-15-7-5-8-16-28-17-9-6-10-18-28)26-19-20-11-13-21(14-12-20)22(29)27(2)3;/h11-14H,4-10,15-19H2,1-3H3,(H2,24,25,26);1H. The fourth-order valence-electron chi connectivity index (χ4n) is 3.55. The van der Waals surface area contributed by atoms with Crippen LogP contribution in [0.5, 0.6) is 0 Å². The summed E-state index contributed by atoms with van der Waals surface area (Å²) in [4.78, 5) is 20.8. The Morgan fingerprint density at radius 2 is 1.73 bits per heavy atom. The number of nitrogens with zero attached hydrogens (tertiary/aromatic N) is 3. The van der Waals surface area contributed by atoms with Gasteiger partial charge in [0, 0.05) is 32.7 Å². The van der Waals surface area contributed by atoms with Crippen molar-refractivity contribution in [2.45, 2.75) is 52.0 Å². The van der Waals surface area contributed by atoms with Crippen molar-refractivity contribution in [1.82, 2.24) is 20.4 Å². The first kappa shape index (κ1) is 26.7. The molecule has 170 valence electrons. The van der Waals surface area contributed by atoms with Crippen LogP contribution in [-0.4, -0.2) is 68.5 Å². The molecule has 1 saturated heterocycles. The first-order valence-electron chi connectivity index (χ1n) is 11.1. The van der Waals surface area contributed by atoms with Gasteiger partial charge in [0.2, 0.25) is 0 Å². The van der Waals surface area contributed by atoms with Crippen molar-refractivity contribution in [3.63, 3.8) is 0 Å². The number of halogens is 1. The normalized spacial score (nSPS) is 14.7. The van der Waals surface area contributed by atoms with Gasteiger partial charge in [0.1, 0.15) is 0 Å². The molecule has 0 atom stereocenters. The number of hydrogen-bond acceptors (Lipinski definition) is 3. The lowest BCUT2D eigenvalue weighted by Crippen LogP contribution is -2.37. The zero-order chi connectivity index (χ0) is 20.9. The Bertz CT molecular complexity index is 627.